The van der Waals surface area contributed by atoms with E-state index in [2.05, 4.69) is 36.3 Å². The molecule has 2 aromatic carbocycles. The average molecular weight is 439 g/mol. The Morgan fingerprint density at radius 2 is 1.94 bits per heavy atom. The quantitative estimate of drug-likeness (QED) is 0.616. The number of benzene rings is 2. The lowest BCUT2D eigenvalue weighted by molar-refractivity contribution is -0.125. The van der Waals surface area contributed by atoms with E-state index in [4.69, 9.17) is 9.47 Å². The Morgan fingerprint density at radius 1 is 1.12 bits per heavy atom. The van der Waals surface area contributed by atoms with Crippen molar-refractivity contribution in [3.63, 3.8) is 0 Å². The number of ether oxygens (including phenoxy) is 2. The fraction of sp³-hybridized carbons (Fsp3) is 0.423. The summed E-state index contributed by atoms with van der Waals surface area (Å²) in [6, 6.07) is 9.28. The molecule has 2 aliphatic heterocycles. The molecule has 0 aliphatic carbocycles. The number of hydrogen-bond acceptors (Lipinski definition) is 5. The number of rotatable bonds is 6. The lowest BCUT2D eigenvalue weighted by Gasteiger charge is -2.49. The lowest BCUT2D eigenvalue weighted by Crippen LogP contribution is -2.57. The number of nitrogens with zero attached hydrogens (tertiary/aromatic N) is 2. The second-order valence-electron chi connectivity index (χ2n) is 8.62. The van der Waals surface area contributed by atoms with Crippen molar-refractivity contribution in [1.82, 2.24) is 4.90 Å². The minimum Gasteiger partial charge on any atom is -0.494 e. The zero-order valence-electron chi connectivity index (χ0n) is 19.1. The Balaban J connectivity index is 1.57. The smallest absolute Gasteiger partial charge is 0.165 e. The third kappa shape index (κ3) is 4.24. The maximum Gasteiger partial charge on any atom is 0.165 e. The van der Waals surface area contributed by atoms with Gasteiger partial charge < -0.3 is 14.4 Å². The molecular weight excluding hydrogens is 407 g/mol. The van der Waals surface area contributed by atoms with Gasteiger partial charge in [0.25, 0.3) is 0 Å². The van der Waals surface area contributed by atoms with Gasteiger partial charge in [-0.05, 0) is 48.7 Å². The second kappa shape index (κ2) is 9.33. The van der Waals surface area contributed by atoms with E-state index >= 15 is 0 Å². The summed E-state index contributed by atoms with van der Waals surface area (Å²) in [5.74, 6) is 1.03. The molecule has 4 rings (SSSR count). The van der Waals surface area contributed by atoms with E-state index in [0.717, 1.165) is 36.6 Å². The van der Waals surface area contributed by atoms with E-state index in [-0.39, 0.29) is 23.7 Å². The number of piperidine rings is 1. The Bertz CT molecular complexity index is 1020. The van der Waals surface area contributed by atoms with Crippen molar-refractivity contribution in [2.45, 2.75) is 38.8 Å². The molecule has 0 spiro atoms. The van der Waals surface area contributed by atoms with Gasteiger partial charge in [-0.3, -0.25) is 9.69 Å². The number of piperazine rings is 1. The summed E-state index contributed by atoms with van der Waals surface area (Å²) in [4.78, 5) is 17.4. The van der Waals surface area contributed by atoms with Crippen molar-refractivity contribution in [2.75, 3.05) is 38.3 Å². The molecule has 2 atom stereocenters. The first-order chi connectivity index (χ1) is 15.4. The largest absolute Gasteiger partial charge is 0.494 e. The van der Waals surface area contributed by atoms with Gasteiger partial charge in [-0.25, -0.2) is 4.39 Å². The molecule has 0 amide bonds. The number of ketones is 1. The van der Waals surface area contributed by atoms with Gasteiger partial charge in [0.15, 0.2) is 11.6 Å². The number of methoxy groups -OCH3 is 1. The predicted octanol–water partition coefficient (Wildman–Crippen LogP) is 4.61. The summed E-state index contributed by atoms with van der Waals surface area (Å²) < 4.78 is 24.8. The normalized spacial score (nSPS) is 21.2. The first-order valence-electron chi connectivity index (χ1n) is 11.1. The molecule has 6 heteroatoms. The third-order valence-electron chi connectivity index (χ3n) is 6.81. The van der Waals surface area contributed by atoms with Gasteiger partial charge in [-0.2, -0.15) is 0 Å². The highest BCUT2D eigenvalue weighted by Crippen LogP contribution is 2.39. The molecule has 2 heterocycles. The van der Waals surface area contributed by atoms with Gasteiger partial charge in [0, 0.05) is 56.3 Å². The monoisotopic (exact) mass is 438 g/mol. The molecule has 0 unspecified atom stereocenters. The molecule has 2 aromatic rings. The first-order valence-corrected chi connectivity index (χ1v) is 11.1. The number of fused-ring (bicyclic) bond motifs is 1. The van der Waals surface area contributed by atoms with Crippen molar-refractivity contribution in [1.29, 1.82) is 0 Å². The van der Waals surface area contributed by atoms with Crippen LogP contribution in [0.5, 0.6) is 11.5 Å². The lowest BCUT2D eigenvalue weighted by atomic mass is 9.85. The summed E-state index contributed by atoms with van der Waals surface area (Å²) in [6.45, 7) is 10.8. The van der Waals surface area contributed by atoms with Gasteiger partial charge >= 0.3 is 0 Å². The van der Waals surface area contributed by atoms with Crippen LogP contribution in [0, 0.1) is 19.7 Å². The van der Waals surface area contributed by atoms with E-state index in [1.54, 1.807) is 18.2 Å². The van der Waals surface area contributed by atoms with Crippen LogP contribution in [0.2, 0.25) is 0 Å². The SMILES string of the molecule is C=CCOc1ccc([C@H]2CC(=O)C[C@H]3CN(c4ccc(F)c(OC)c4)CCN32)c(C)c1C. The molecule has 0 saturated carbocycles. The Kier molecular flexibility index (Phi) is 6.51. The van der Waals surface area contributed by atoms with Crippen LogP contribution in [-0.4, -0.2) is 50.1 Å². The van der Waals surface area contributed by atoms with Crippen LogP contribution in [0.4, 0.5) is 10.1 Å². The molecule has 32 heavy (non-hydrogen) atoms. The third-order valence-corrected chi connectivity index (χ3v) is 6.81. The van der Waals surface area contributed by atoms with Crippen molar-refractivity contribution < 1.29 is 18.7 Å². The maximum atomic E-state index is 13.9. The number of carbonyl (C=O) groups excluding carboxylic acids is 1. The molecule has 5 nitrogen and oxygen atoms in total. The minimum absolute atomic E-state index is 0.0679. The molecule has 170 valence electrons. The van der Waals surface area contributed by atoms with Crippen molar-refractivity contribution in [3.05, 3.63) is 65.5 Å². The Morgan fingerprint density at radius 3 is 2.69 bits per heavy atom. The number of halogens is 1. The molecule has 0 N–H and O–H groups in total. The van der Waals surface area contributed by atoms with Gasteiger partial charge in [-0.15, -0.1) is 0 Å². The number of anilines is 1. The number of hydrogen-bond donors (Lipinski definition) is 0. The zero-order valence-corrected chi connectivity index (χ0v) is 19.1. The highest BCUT2D eigenvalue weighted by atomic mass is 19.1. The van der Waals surface area contributed by atoms with E-state index in [1.807, 2.05) is 6.07 Å². The van der Waals surface area contributed by atoms with Crippen molar-refractivity contribution in [3.8, 4) is 11.5 Å². The van der Waals surface area contributed by atoms with Gasteiger partial charge in [-0.1, -0.05) is 18.7 Å². The summed E-state index contributed by atoms with van der Waals surface area (Å²) in [5.41, 5.74) is 4.41. The Labute approximate surface area is 189 Å². The molecule has 0 bridgehead atoms. The standard InChI is InChI=1S/C26H31FN2O3/c1-5-12-32-25-9-7-22(17(2)18(25)3)24-15-21(30)13-20-16-28(10-11-29(20)24)19-6-8-23(27)26(14-19)31-4/h5-9,14,20,24H,1,10-13,15-16H2,2-4H3/t20-,24+/m0/s1. The van der Waals surface area contributed by atoms with Crippen LogP contribution in [0.1, 0.15) is 35.6 Å². The second-order valence-corrected chi connectivity index (χ2v) is 8.62. The van der Waals surface area contributed by atoms with E-state index in [9.17, 15) is 9.18 Å². The van der Waals surface area contributed by atoms with E-state index in [1.165, 1.54) is 24.3 Å². The van der Waals surface area contributed by atoms with E-state index < -0.39 is 0 Å². The van der Waals surface area contributed by atoms with E-state index in [0.29, 0.717) is 25.2 Å². The predicted molar refractivity (Wildman–Crippen MR) is 124 cm³/mol. The summed E-state index contributed by atoms with van der Waals surface area (Å²) in [5, 5.41) is 0. The van der Waals surface area contributed by atoms with Crippen molar-refractivity contribution in [2.24, 2.45) is 0 Å². The summed E-state index contributed by atoms with van der Waals surface area (Å²) in [7, 11) is 1.47. The van der Waals surface area contributed by atoms with Crippen LogP contribution in [0.25, 0.3) is 0 Å². The van der Waals surface area contributed by atoms with Crippen LogP contribution < -0.4 is 14.4 Å². The molecule has 2 saturated heterocycles. The van der Waals surface area contributed by atoms with Crippen LogP contribution in [-0.2, 0) is 4.79 Å². The topological polar surface area (TPSA) is 42.0 Å². The molecular formula is C26H31FN2O3. The van der Waals surface area contributed by atoms with Crippen molar-refractivity contribution >= 4 is 11.5 Å². The average Bonchev–Trinajstić information content (AvgIpc) is 2.79. The van der Waals surface area contributed by atoms with Gasteiger partial charge in [0.05, 0.1) is 7.11 Å². The first kappa shape index (κ1) is 22.3. The molecule has 0 aromatic heterocycles. The molecule has 0 radical (unpaired) electrons. The molecule has 2 aliphatic rings. The minimum atomic E-state index is -0.367. The fourth-order valence-corrected chi connectivity index (χ4v) is 4.99. The van der Waals surface area contributed by atoms with Gasteiger partial charge in [0.1, 0.15) is 18.1 Å². The Hall–Kier alpha value is -2.86. The summed E-state index contributed by atoms with van der Waals surface area (Å²) in [6.07, 6.45) is 2.82. The highest BCUT2D eigenvalue weighted by Gasteiger charge is 2.39. The number of carbonyl (C=O) groups is 1. The van der Waals surface area contributed by atoms with Crippen LogP contribution in [0.3, 0.4) is 0 Å². The maximum absolute atomic E-state index is 13.9. The van der Waals surface area contributed by atoms with Gasteiger partial charge in [0.2, 0.25) is 0 Å². The van der Waals surface area contributed by atoms with Crippen LogP contribution in [0.15, 0.2) is 43.0 Å². The fourth-order valence-electron chi connectivity index (χ4n) is 4.99. The zero-order chi connectivity index (χ0) is 22.8. The molecule has 2 fully saturated rings. The highest BCUT2D eigenvalue weighted by molar-refractivity contribution is 5.81. The summed E-state index contributed by atoms with van der Waals surface area (Å²) >= 11 is 0. The number of Topliss-reactive ketones (excluding diaryl/α,β-unsaturated/α-hetero) is 1. The van der Waals surface area contributed by atoms with Crippen LogP contribution >= 0.6 is 0 Å².